The lowest BCUT2D eigenvalue weighted by atomic mass is 9.98. The molecule has 0 aliphatic heterocycles. The van der Waals surface area contributed by atoms with E-state index < -0.39 is 5.54 Å². The van der Waals surface area contributed by atoms with Crippen LogP contribution in [-0.4, -0.2) is 17.5 Å². The molecule has 0 saturated heterocycles. The summed E-state index contributed by atoms with van der Waals surface area (Å²) in [7, 11) is 0. The van der Waals surface area contributed by atoms with Gasteiger partial charge in [-0.3, -0.25) is 4.79 Å². The second kappa shape index (κ2) is 7.66. The summed E-state index contributed by atoms with van der Waals surface area (Å²) in [5.41, 5.74) is 5.15. The van der Waals surface area contributed by atoms with Crippen molar-refractivity contribution in [3.8, 4) is 0 Å². The zero-order valence-corrected chi connectivity index (χ0v) is 11.3. The van der Waals surface area contributed by atoms with E-state index in [1.54, 1.807) is 6.92 Å². The molecular formula is C13H28N2O. The summed E-state index contributed by atoms with van der Waals surface area (Å²) in [6, 6.07) is 0.235. The summed E-state index contributed by atoms with van der Waals surface area (Å²) in [5.74, 6) is -0.0296. The highest BCUT2D eigenvalue weighted by Crippen LogP contribution is 2.08. The van der Waals surface area contributed by atoms with Crippen molar-refractivity contribution in [1.29, 1.82) is 0 Å². The Morgan fingerprint density at radius 2 is 1.94 bits per heavy atom. The molecule has 1 amide bonds. The Kier molecular flexibility index (Phi) is 7.39. The van der Waals surface area contributed by atoms with Crippen LogP contribution in [0.1, 0.15) is 66.2 Å². The third-order valence-corrected chi connectivity index (χ3v) is 3.12. The molecule has 0 spiro atoms. The van der Waals surface area contributed by atoms with E-state index >= 15 is 0 Å². The summed E-state index contributed by atoms with van der Waals surface area (Å²) in [5, 5.41) is 2.98. The number of carbonyl (C=O) groups excluding carboxylic acids is 1. The van der Waals surface area contributed by atoms with Gasteiger partial charge in [-0.25, -0.2) is 0 Å². The molecule has 2 unspecified atom stereocenters. The van der Waals surface area contributed by atoms with Crippen LogP contribution in [0.25, 0.3) is 0 Å². The summed E-state index contributed by atoms with van der Waals surface area (Å²) < 4.78 is 0. The van der Waals surface area contributed by atoms with E-state index in [4.69, 9.17) is 5.73 Å². The first-order chi connectivity index (χ1) is 7.44. The first kappa shape index (κ1) is 15.4. The number of carbonyl (C=O) groups is 1. The largest absolute Gasteiger partial charge is 0.352 e. The van der Waals surface area contributed by atoms with E-state index in [9.17, 15) is 4.79 Å². The van der Waals surface area contributed by atoms with Gasteiger partial charge in [0.1, 0.15) is 0 Å². The first-order valence-electron chi connectivity index (χ1n) is 6.53. The number of rotatable bonds is 8. The number of nitrogens with two attached hydrogens (primary N) is 1. The quantitative estimate of drug-likeness (QED) is 0.627. The summed E-state index contributed by atoms with van der Waals surface area (Å²) in [6.45, 7) is 7.97. The Hall–Kier alpha value is -0.570. The molecule has 3 nitrogen and oxygen atoms in total. The maximum atomic E-state index is 11.8. The zero-order valence-electron chi connectivity index (χ0n) is 11.3. The maximum Gasteiger partial charge on any atom is 0.239 e. The van der Waals surface area contributed by atoms with Gasteiger partial charge < -0.3 is 11.1 Å². The van der Waals surface area contributed by atoms with Crippen LogP contribution < -0.4 is 11.1 Å². The molecule has 0 aromatic heterocycles. The SMILES string of the molecule is CCCCCCC(C)NC(=O)C(C)(N)CC. The van der Waals surface area contributed by atoms with Gasteiger partial charge in [0.15, 0.2) is 0 Å². The predicted molar refractivity (Wildman–Crippen MR) is 69.2 cm³/mol. The second-order valence-electron chi connectivity index (χ2n) is 4.99. The molecule has 2 atom stereocenters. The topological polar surface area (TPSA) is 55.1 Å². The van der Waals surface area contributed by atoms with Crippen LogP contribution in [0.4, 0.5) is 0 Å². The van der Waals surface area contributed by atoms with E-state index in [2.05, 4.69) is 19.2 Å². The molecule has 0 heterocycles. The molecule has 0 saturated carbocycles. The van der Waals surface area contributed by atoms with Gasteiger partial charge in [0.2, 0.25) is 5.91 Å². The number of unbranched alkanes of at least 4 members (excludes halogenated alkanes) is 3. The van der Waals surface area contributed by atoms with Crippen molar-refractivity contribution in [2.45, 2.75) is 77.8 Å². The van der Waals surface area contributed by atoms with Crippen LogP contribution in [-0.2, 0) is 4.79 Å². The molecule has 0 aromatic carbocycles. The van der Waals surface area contributed by atoms with E-state index in [0.717, 1.165) is 6.42 Å². The molecule has 3 heteroatoms. The zero-order chi connectivity index (χ0) is 12.6. The average Bonchev–Trinajstić information content (AvgIpc) is 2.24. The Balaban J connectivity index is 3.78. The summed E-state index contributed by atoms with van der Waals surface area (Å²) >= 11 is 0. The minimum atomic E-state index is -0.725. The van der Waals surface area contributed by atoms with Crippen molar-refractivity contribution in [2.24, 2.45) is 5.73 Å². The van der Waals surface area contributed by atoms with Crippen LogP contribution in [0.15, 0.2) is 0 Å². The van der Waals surface area contributed by atoms with Gasteiger partial charge in [0.25, 0.3) is 0 Å². The van der Waals surface area contributed by atoms with Crippen molar-refractivity contribution in [2.75, 3.05) is 0 Å². The summed E-state index contributed by atoms with van der Waals surface area (Å²) in [6.07, 6.45) is 6.68. The Bertz CT molecular complexity index is 202. The molecule has 16 heavy (non-hydrogen) atoms. The molecule has 0 aliphatic carbocycles. The van der Waals surface area contributed by atoms with E-state index in [0.29, 0.717) is 6.42 Å². The van der Waals surface area contributed by atoms with Crippen LogP contribution in [0.3, 0.4) is 0 Å². The van der Waals surface area contributed by atoms with Crippen LogP contribution in [0.5, 0.6) is 0 Å². The molecule has 3 N–H and O–H groups in total. The lowest BCUT2D eigenvalue weighted by Gasteiger charge is -2.24. The highest BCUT2D eigenvalue weighted by molar-refractivity contribution is 5.85. The third-order valence-electron chi connectivity index (χ3n) is 3.12. The van der Waals surface area contributed by atoms with Gasteiger partial charge in [-0.05, 0) is 26.7 Å². The monoisotopic (exact) mass is 228 g/mol. The molecule has 0 fully saturated rings. The molecule has 0 rings (SSSR count). The van der Waals surface area contributed by atoms with Gasteiger partial charge in [0.05, 0.1) is 5.54 Å². The normalized spacial score (nSPS) is 16.6. The molecule has 0 bridgehead atoms. The Labute approximate surface area is 100 Å². The number of hydrogen-bond acceptors (Lipinski definition) is 2. The fourth-order valence-corrected chi connectivity index (χ4v) is 1.50. The molecule has 96 valence electrons. The molecule has 0 aromatic rings. The second-order valence-corrected chi connectivity index (χ2v) is 4.99. The lowest BCUT2D eigenvalue weighted by Crippen LogP contribution is -2.53. The van der Waals surface area contributed by atoms with Crippen molar-refractivity contribution in [1.82, 2.24) is 5.32 Å². The van der Waals surface area contributed by atoms with Crippen molar-refractivity contribution >= 4 is 5.91 Å². The number of amides is 1. The van der Waals surface area contributed by atoms with Gasteiger partial charge in [0, 0.05) is 6.04 Å². The Morgan fingerprint density at radius 1 is 1.31 bits per heavy atom. The minimum absolute atomic E-state index is 0.0296. The highest BCUT2D eigenvalue weighted by Gasteiger charge is 2.26. The van der Waals surface area contributed by atoms with E-state index in [1.807, 2.05) is 6.92 Å². The highest BCUT2D eigenvalue weighted by atomic mass is 16.2. The van der Waals surface area contributed by atoms with Crippen LogP contribution >= 0.6 is 0 Å². The van der Waals surface area contributed by atoms with Crippen molar-refractivity contribution in [3.05, 3.63) is 0 Å². The van der Waals surface area contributed by atoms with E-state index in [-0.39, 0.29) is 11.9 Å². The molecule has 0 aliphatic rings. The average molecular weight is 228 g/mol. The lowest BCUT2D eigenvalue weighted by molar-refractivity contribution is -0.126. The molecular weight excluding hydrogens is 200 g/mol. The maximum absolute atomic E-state index is 11.8. The fraction of sp³-hybridized carbons (Fsp3) is 0.923. The van der Waals surface area contributed by atoms with Gasteiger partial charge in [-0.1, -0.05) is 39.5 Å². The van der Waals surface area contributed by atoms with E-state index in [1.165, 1.54) is 25.7 Å². The minimum Gasteiger partial charge on any atom is -0.352 e. The first-order valence-corrected chi connectivity index (χ1v) is 6.53. The summed E-state index contributed by atoms with van der Waals surface area (Å²) in [4.78, 5) is 11.8. The standard InChI is InChI=1S/C13H28N2O/c1-5-7-8-9-10-11(3)15-12(16)13(4,14)6-2/h11H,5-10,14H2,1-4H3,(H,15,16). The van der Waals surface area contributed by atoms with Gasteiger partial charge in [-0.2, -0.15) is 0 Å². The van der Waals surface area contributed by atoms with Gasteiger partial charge >= 0.3 is 0 Å². The van der Waals surface area contributed by atoms with Crippen molar-refractivity contribution in [3.63, 3.8) is 0 Å². The van der Waals surface area contributed by atoms with Gasteiger partial charge in [-0.15, -0.1) is 0 Å². The fourth-order valence-electron chi connectivity index (χ4n) is 1.50. The smallest absolute Gasteiger partial charge is 0.239 e. The third kappa shape index (κ3) is 6.11. The van der Waals surface area contributed by atoms with Crippen molar-refractivity contribution < 1.29 is 4.79 Å². The van der Waals surface area contributed by atoms with Crippen LogP contribution in [0.2, 0.25) is 0 Å². The predicted octanol–water partition coefficient (Wildman–Crippen LogP) is 2.59. The number of hydrogen-bond donors (Lipinski definition) is 2. The number of nitrogens with one attached hydrogen (secondary N) is 1. The van der Waals surface area contributed by atoms with Crippen LogP contribution in [0, 0.1) is 0 Å². The Morgan fingerprint density at radius 3 is 2.44 bits per heavy atom. The molecule has 0 radical (unpaired) electrons.